The predicted molar refractivity (Wildman–Crippen MR) is 117 cm³/mol. The van der Waals surface area contributed by atoms with Gasteiger partial charge in [0, 0.05) is 32.2 Å². The molecule has 1 amide bonds. The number of hydrogen-bond donors (Lipinski definition) is 3. The second-order valence-corrected chi connectivity index (χ2v) is 8.10. The third-order valence-electron chi connectivity index (χ3n) is 4.72. The Balaban J connectivity index is 1.43. The summed E-state index contributed by atoms with van der Waals surface area (Å²) >= 11 is 1.35. The monoisotopic (exact) mass is 415 g/mol. The van der Waals surface area contributed by atoms with Crippen LogP contribution in [0, 0.1) is 19.8 Å². The van der Waals surface area contributed by atoms with E-state index in [4.69, 9.17) is 4.74 Å². The number of amides is 1. The van der Waals surface area contributed by atoms with Gasteiger partial charge in [-0.15, -0.1) is 11.3 Å². The van der Waals surface area contributed by atoms with E-state index in [1.807, 2.05) is 6.92 Å². The second-order valence-electron chi connectivity index (χ2n) is 7.24. The van der Waals surface area contributed by atoms with Gasteiger partial charge in [0.05, 0.1) is 17.8 Å². The van der Waals surface area contributed by atoms with Gasteiger partial charge in [0.2, 0.25) is 0 Å². The smallest absolute Gasteiger partial charge is 0.263 e. The number of ether oxygens (including phenoxy) is 1. The van der Waals surface area contributed by atoms with Gasteiger partial charge in [-0.1, -0.05) is 12.1 Å². The number of carbonyl (C=O) groups excluding carboxylic acids is 1. The number of thiazole rings is 1. The van der Waals surface area contributed by atoms with Crippen molar-refractivity contribution in [3.63, 3.8) is 0 Å². The summed E-state index contributed by atoms with van der Waals surface area (Å²) in [6, 6.07) is 6.27. The molecule has 1 aliphatic rings. The maximum atomic E-state index is 12.1. The summed E-state index contributed by atoms with van der Waals surface area (Å²) < 4.78 is 6.03. The zero-order valence-corrected chi connectivity index (χ0v) is 18.1. The first kappa shape index (κ1) is 21.1. The van der Waals surface area contributed by atoms with Crippen molar-refractivity contribution in [3.8, 4) is 5.75 Å². The topological polar surface area (TPSA) is 87.6 Å². The van der Waals surface area contributed by atoms with Gasteiger partial charge >= 0.3 is 0 Å². The van der Waals surface area contributed by atoms with E-state index in [0.717, 1.165) is 29.5 Å². The minimum absolute atomic E-state index is 0.0909. The van der Waals surface area contributed by atoms with E-state index in [1.54, 1.807) is 12.6 Å². The van der Waals surface area contributed by atoms with E-state index >= 15 is 0 Å². The third kappa shape index (κ3) is 6.45. The highest BCUT2D eigenvalue weighted by Gasteiger charge is 2.22. The molecule has 1 aliphatic carbocycles. The van der Waals surface area contributed by atoms with E-state index in [2.05, 4.69) is 51.0 Å². The Morgan fingerprint density at radius 3 is 2.72 bits per heavy atom. The summed E-state index contributed by atoms with van der Waals surface area (Å²) in [5.41, 5.74) is 4.74. The molecule has 0 atom stereocenters. The standard InChI is InChI=1S/C21H29N5O2S/c1-14-4-7-17(18(10-14)28-12-16-5-6-16)11-25-21(22-3)24-9-8-23-20(27)19-15(2)26-13-29-19/h4,7,10,13,16H,5-6,8-9,11-12H2,1-3H3,(H,23,27)(H2,22,24,25). The minimum Gasteiger partial charge on any atom is -0.493 e. The number of nitrogens with zero attached hydrogens (tertiary/aromatic N) is 2. The van der Waals surface area contributed by atoms with Crippen molar-refractivity contribution in [3.05, 3.63) is 45.4 Å². The zero-order valence-electron chi connectivity index (χ0n) is 17.2. The maximum Gasteiger partial charge on any atom is 0.263 e. The van der Waals surface area contributed by atoms with Crippen LogP contribution in [0.4, 0.5) is 0 Å². The summed E-state index contributed by atoms with van der Waals surface area (Å²) in [6.45, 7) is 6.39. The Bertz CT molecular complexity index is 861. The van der Waals surface area contributed by atoms with Gasteiger partial charge in [-0.3, -0.25) is 9.79 Å². The fraction of sp³-hybridized carbons (Fsp3) is 0.476. The molecular weight excluding hydrogens is 386 g/mol. The van der Waals surface area contributed by atoms with Gasteiger partial charge in [0.15, 0.2) is 5.96 Å². The molecule has 1 fully saturated rings. The molecular formula is C21H29N5O2S. The Morgan fingerprint density at radius 2 is 2.03 bits per heavy atom. The van der Waals surface area contributed by atoms with Crippen LogP contribution in [0.5, 0.6) is 5.75 Å². The molecule has 8 heteroatoms. The molecule has 1 aromatic carbocycles. The summed E-state index contributed by atoms with van der Waals surface area (Å²) in [6.07, 6.45) is 2.55. The molecule has 0 saturated heterocycles. The first-order valence-electron chi connectivity index (χ1n) is 9.92. The predicted octanol–water partition coefficient (Wildman–Crippen LogP) is 2.64. The molecule has 0 unspecified atom stereocenters. The van der Waals surface area contributed by atoms with Crippen molar-refractivity contribution in [1.29, 1.82) is 0 Å². The fourth-order valence-electron chi connectivity index (χ4n) is 2.79. The van der Waals surface area contributed by atoms with E-state index in [9.17, 15) is 4.79 Å². The average Bonchev–Trinajstić information content (AvgIpc) is 3.45. The maximum absolute atomic E-state index is 12.1. The van der Waals surface area contributed by atoms with Crippen LogP contribution in [0.2, 0.25) is 0 Å². The molecule has 3 N–H and O–H groups in total. The molecule has 1 heterocycles. The average molecular weight is 416 g/mol. The Labute approximate surface area is 176 Å². The van der Waals surface area contributed by atoms with Gasteiger partial charge in [-0.05, 0) is 44.2 Å². The summed E-state index contributed by atoms with van der Waals surface area (Å²) in [5, 5.41) is 9.42. The SMILES string of the molecule is CN=C(NCCNC(=O)c1scnc1C)NCc1ccc(C)cc1OCC1CC1. The number of rotatable bonds is 9. The van der Waals surface area contributed by atoms with Crippen LogP contribution in [0.25, 0.3) is 0 Å². The molecule has 3 rings (SSSR count). The molecule has 1 aromatic heterocycles. The zero-order chi connectivity index (χ0) is 20.6. The van der Waals surface area contributed by atoms with E-state index < -0.39 is 0 Å². The lowest BCUT2D eigenvalue weighted by atomic mass is 10.1. The highest BCUT2D eigenvalue weighted by atomic mass is 32.1. The first-order chi connectivity index (χ1) is 14.1. The van der Waals surface area contributed by atoms with Crippen molar-refractivity contribution in [2.75, 3.05) is 26.7 Å². The van der Waals surface area contributed by atoms with Crippen molar-refractivity contribution < 1.29 is 9.53 Å². The number of guanidine groups is 1. The number of aromatic nitrogens is 1. The number of hydrogen-bond acceptors (Lipinski definition) is 5. The molecule has 156 valence electrons. The molecule has 29 heavy (non-hydrogen) atoms. The Kier molecular flexibility index (Phi) is 7.46. The molecule has 1 saturated carbocycles. The van der Waals surface area contributed by atoms with Crippen molar-refractivity contribution in [2.45, 2.75) is 33.2 Å². The normalized spacial score (nSPS) is 13.8. The summed E-state index contributed by atoms with van der Waals surface area (Å²) in [7, 11) is 1.73. The van der Waals surface area contributed by atoms with Crippen molar-refractivity contribution in [2.24, 2.45) is 10.9 Å². The lowest BCUT2D eigenvalue weighted by molar-refractivity contribution is 0.0957. The van der Waals surface area contributed by atoms with Crippen LogP contribution in [-0.4, -0.2) is 43.6 Å². The quantitative estimate of drug-likeness (QED) is 0.333. The van der Waals surface area contributed by atoms with Crippen LogP contribution in [0.1, 0.15) is 39.3 Å². The lowest BCUT2D eigenvalue weighted by Gasteiger charge is -2.15. The first-order valence-corrected chi connectivity index (χ1v) is 10.8. The minimum atomic E-state index is -0.0909. The second kappa shape index (κ2) is 10.2. The number of carbonyl (C=O) groups is 1. The highest BCUT2D eigenvalue weighted by molar-refractivity contribution is 7.11. The van der Waals surface area contributed by atoms with Gasteiger partial charge in [-0.2, -0.15) is 0 Å². The largest absolute Gasteiger partial charge is 0.493 e. The van der Waals surface area contributed by atoms with Gasteiger partial charge in [0.25, 0.3) is 5.91 Å². The highest BCUT2D eigenvalue weighted by Crippen LogP contribution is 2.30. The lowest BCUT2D eigenvalue weighted by Crippen LogP contribution is -2.41. The van der Waals surface area contributed by atoms with Crippen LogP contribution < -0.4 is 20.7 Å². The van der Waals surface area contributed by atoms with Crippen LogP contribution >= 0.6 is 11.3 Å². The van der Waals surface area contributed by atoms with Gasteiger partial charge in [-0.25, -0.2) is 4.98 Å². The number of benzene rings is 1. The third-order valence-corrected chi connectivity index (χ3v) is 5.65. The molecule has 0 bridgehead atoms. The fourth-order valence-corrected chi connectivity index (χ4v) is 3.51. The molecule has 0 radical (unpaired) electrons. The molecule has 2 aromatic rings. The Hall–Kier alpha value is -2.61. The molecule has 0 spiro atoms. The van der Waals surface area contributed by atoms with E-state index in [-0.39, 0.29) is 5.91 Å². The van der Waals surface area contributed by atoms with Crippen molar-refractivity contribution in [1.82, 2.24) is 20.9 Å². The number of aryl methyl sites for hydroxylation is 2. The van der Waals surface area contributed by atoms with Gasteiger partial charge in [0.1, 0.15) is 10.6 Å². The van der Waals surface area contributed by atoms with Crippen molar-refractivity contribution >= 4 is 23.2 Å². The summed E-state index contributed by atoms with van der Waals surface area (Å²) in [5.74, 6) is 2.25. The van der Waals surface area contributed by atoms with E-state index in [0.29, 0.717) is 30.5 Å². The molecule has 0 aliphatic heterocycles. The number of nitrogens with one attached hydrogen (secondary N) is 3. The Morgan fingerprint density at radius 1 is 1.24 bits per heavy atom. The van der Waals surface area contributed by atoms with Crippen LogP contribution in [0.3, 0.4) is 0 Å². The van der Waals surface area contributed by atoms with E-state index in [1.165, 1.54) is 29.7 Å². The van der Waals surface area contributed by atoms with Crippen LogP contribution in [-0.2, 0) is 6.54 Å². The number of aliphatic imine (C=N–C) groups is 1. The molecule has 7 nitrogen and oxygen atoms in total. The van der Waals surface area contributed by atoms with Crippen LogP contribution in [0.15, 0.2) is 28.7 Å². The van der Waals surface area contributed by atoms with Gasteiger partial charge < -0.3 is 20.7 Å². The summed E-state index contributed by atoms with van der Waals surface area (Å²) in [4.78, 5) is 21.1.